The molecule has 1 heterocycles. The molecule has 2 aromatic rings. The predicted octanol–water partition coefficient (Wildman–Crippen LogP) is 5.29. The molecule has 7 heteroatoms. The van der Waals surface area contributed by atoms with Gasteiger partial charge in [0.15, 0.2) is 5.13 Å². The van der Waals surface area contributed by atoms with Crippen molar-refractivity contribution < 1.29 is 9.90 Å². The monoisotopic (exact) mass is 412 g/mol. The second kappa shape index (κ2) is 9.18. The first-order chi connectivity index (χ1) is 12.6. The van der Waals surface area contributed by atoms with Crippen molar-refractivity contribution in [3.63, 3.8) is 0 Å². The van der Waals surface area contributed by atoms with Crippen molar-refractivity contribution in [2.75, 3.05) is 11.9 Å². The Bertz CT molecular complexity index is 760. The fourth-order valence-electron chi connectivity index (χ4n) is 3.49. The van der Waals surface area contributed by atoms with Crippen molar-refractivity contribution in [1.29, 1.82) is 0 Å². The van der Waals surface area contributed by atoms with Gasteiger partial charge in [0.2, 0.25) is 5.91 Å². The number of aliphatic hydroxyl groups excluding tert-OH is 1. The Balaban J connectivity index is 1.78. The van der Waals surface area contributed by atoms with E-state index in [2.05, 4.69) is 10.3 Å². The SMILES string of the molecule is O=C(Nc1nc(CCO)cs1)C(CC1CCCC1)c1ccc(Cl)c(Cl)c1. The Labute approximate surface area is 167 Å². The van der Waals surface area contributed by atoms with Crippen LogP contribution in [0.15, 0.2) is 23.6 Å². The molecular weight excluding hydrogens is 391 g/mol. The van der Waals surface area contributed by atoms with Gasteiger partial charge in [0, 0.05) is 18.4 Å². The number of halogens is 2. The van der Waals surface area contributed by atoms with Crippen molar-refractivity contribution in [2.45, 2.75) is 44.4 Å². The van der Waals surface area contributed by atoms with Crippen LogP contribution in [-0.4, -0.2) is 22.6 Å². The van der Waals surface area contributed by atoms with E-state index < -0.39 is 0 Å². The Hall–Kier alpha value is -1.14. The summed E-state index contributed by atoms with van der Waals surface area (Å²) in [6.07, 6.45) is 6.10. The predicted molar refractivity (Wildman–Crippen MR) is 107 cm³/mol. The number of hydrogen-bond donors (Lipinski definition) is 2. The van der Waals surface area contributed by atoms with Gasteiger partial charge in [-0.1, -0.05) is 55.0 Å². The van der Waals surface area contributed by atoms with Gasteiger partial charge < -0.3 is 10.4 Å². The molecule has 3 rings (SSSR count). The molecule has 1 aromatic carbocycles. The Morgan fingerprint density at radius 3 is 2.77 bits per heavy atom. The van der Waals surface area contributed by atoms with Gasteiger partial charge in [0.25, 0.3) is 0 Å². The van der Waals surface area contributed by atoms with Crippen LogP contribution >= 0.6 is 34.5 Å². The number of thiazole rings is 1. The van der Waals surface area contributed by atoms with Crippen LogP contribution in [0.3, 0.4) is 0 Å². The first-order valence-electron chi connectivity index (χ1n) is 8.88. The minimum absolute atomic E-state index is 0.0463. The van der Waals surface area contributed by atoms with Crippen molar-refractivity contribution in [1.82, 2.24) is 4.98 Å². The lowest BCUT2D eigenvalue weighted by Gasteiger charge is -2.20. The number of hydrogen-bond acceptors (Lipinski definition) is 4. The Morgan fingerprint density at radius 1 is 1.31 bits per heavy atom. The van der Waals surface area contributed by atoms with E-state index in [9.17, 15) is 4.79 Å². The summed E-state index contributed by atoms with van der Waals surface area (Å²) in [6.45, 7) is 0.0463. The summed E-state index contributed by atoms with van der Waals surface area (Å²) in [5.41, 5.74) is 1.67. The third kappa shape index (κ3) is 4.97. The van der Waals surface area contributed by atoms with Gasteiger partial charge in [-0.15, -0.1) is 11.3 Å². The highest BCUT2D eigenvalue weighted by Crippen LogP contribution is 2.36. The summed E-state index contributed by atoms with van der Waals surface area (Å²) in [4.78, 5) is 17.4. The van der Waals surface area contributed by atoms with E-state index in [1.807, 2.05) is 11.4 Å². The number of benzene rings is 1. The zero-order valence-electron chi connectivity index (χ0n) is 14.4. The van der Waals surface area contributed by atoms with E-state index in [-0.39, 0.29) is 18.4 Å². The zero-order valence-corrected chi connectivity index (χ0v) is 16.7. The molecule has 4 nitrogen and oxygen atoms in total. The highest BCUT2D eigenvalue weighted by molar-refractivity contribution is 7.13. The normalized spacial score (nSPS) is 16.0. The molecule has 2 N–H and O–H groups in total. The highest BCUT2D eigenvalue weighted by Gasteiger charge is 2.27. The third-order valence-corrected chi connectivity index (χ3v) is 6.40. The molecule has 1 atom stereocenters. The van der Waals surface area contributed by atoms with E-state index in [4.69, 9.17) is 28.3 Å². The van der Waals surface area contributed by atoms with E-state index >= 15 is 0 Å². The number of amides is 1. The molecule has 0 bridgehead atoms. The van der Waals surface area contributed by atoms with Crippen LogP contribution < -0.4 is 5.32 Å². The quantitative estimate of drug-likeness (QED) is 0.649. The molecule has 0 spiro atoms. The number of rotatable bonds is 7. The lowest BCUT2D eigenvalue weighted by molar-refractivity contribution is -0.118. The maximum absolute atomic E-state index is 13.0. The summed E-state index contributed by atoms with van der Waals surface area (Å²) in [6, 6.07) is 5.42. The molecule has 26 heavy (non-hydrogen) atoms. The Kier molecular flexibility index (Phi) is 6.92. The minimum Gasteiger partial charge on any atom is -0.396 e. The summed E-state index contributed by atoms with van der Waals surface area (Å²) in [5.74, 6) is 0.208. The van der Waals surface area contributed by atoms with Crippen LogP contribution in [0.2, 0.25) is 10.0 Å². The standard InChI is InChI=1S/C19H22Cl2N2O2S/c20-16-6-5-13(10-17(16)21)15(9-12-3-1-2-4-12)18(25)23-19-22-14(7-8-24)11-26-19/h5-6,10-12,15,24H,1-4,7-9H2,(H,22,23,25). The van der Waals surface area contributed by atoms with E-state index in [0.29, 0.717) is 27.5 Å². The van der Waals surface area contributed by atoms with Gasteiger partial charge >= 0.3 is 0 Å². The molecule has 1 fully saturated rings. The number of nitrogens with zero attached hydrogens (tertiary/aromatic N) is 1. The summed E-state index contributed by atoms with van der Waals surface area (Å²) in [5, 5.41) is 15.3. The molecule has 1 aliphatic rings. The zero-order chi connectivity index (χ0) is 18.5. The molecule has 1 amide bonds. The van der Waals surface area contributed by atoms with Crippen LogP contribution in [0.25, 0.3) is 0 Å². The average Bonchev–Trinajstić information content (AvgIpc) is 3.28. The number of anilines is 1. The number of carbonyl (C=O) groups is 1. The van der Waals surface area contributed by atoms with Gasteiger partial charge in [0.05, 0.1) is 21.7 Å². The molecule has 140 valence electrons. The Morgan fingerprint density at radius 2 is 2.08 bits per heavy atom. The molecule has 1 saturated carbocycles. The molecule has 0 saturated heterocycles. The molecule has 0 radical (unpaired) electrons. The van der Waals surface area contributed by atoms with Gasteiger partial charge in [-0.2, -0.15) is 0 Å². The topological polar surface area (TPSA) is 62.2 Å². The summed E-state index contributed by atoms with van der Waals surface area (Å²) >= 11 is 13.6. The molecule has 0 aliphatic heterocycles. The number of aliphatic hydroxyl groups is 1. The maximum Gasteiger partial charge on any atom is 0.233 e. The smallest absolute Gasteiger partial charge is 0.233 e. The maximum atomic E-state index is 13.0. The summed E-state index contributed by atoms with van der Waals surface area (Å²) < 4.78 is 0. The number of nitrogens with one attached hydrogen (secondary N) is 1. The van der Waals surface area contributed by atoms with Gasteiger partial charge in [0.1, 0.15) is 0 Å². The van der Waals surface area contributed by atoms with E-state index in [1.165, 1.54) is 37.0 Å². The van der Waals surface area contributed by atoms with E-state index in [0.717, 1.165) is 17.7 Å². The number of carbonyl (C=O) groups excluding carboxylic acids is 1. The second-order valence-corrected chi connectivity index (χ2v) is 8.39. The third-order valence-electron chi connectivity index (χ3n) is 4.86. The molecular formula is C19H22Cl2N2O2S. The molecule has 1 aliphatic carbocycles. The highest BCUT2D eigenvalue weighted by atomic mass is 35.5. The van der Waals surface area contributed by atoms with Crippen molar-refractivity contribution >= 4 is 45.6 Å². The van der Waals surface area contributed by atoms with Crippen molar-refractivity contribution in [3.05, 3.63) is 44.9 Å². The summed E-state index contributed by atoms with van der Waals surface area (Å²) in [7, 11) is 0. The number of aromatic nitrogens is 1. The lowest BCUT2D eigenvalue weighted by Crippen LogP contribution is -2.23. The van der Waals surface area contributed by atoms with Crippen LogP contribution in [0.1, 0.15) is 49.3 Å². The molecule has 1 unspecified atom stereocenters. The van der Waals surface area contributed by atoms with Gasteiger partial charge in [-0.25, -0.2) is 4.98 Å². The first-order valence-corrected chi connectivity index (χ1v) is 10.5. The van der Waals surface area contributed by atoms with E-state index in [1.54, 1.807) is 12.1 Å². The average molecular weight is 413 g/mol. The largest absolute Gasteiger partial charge is 0.396 e. The van der Waals surface area contributed by atoms with Gasteiger partial charge in [-0.05, 0) is 30.0 Å². The van der Waals surface area contributed by atoms with Crippen LogP contribution in [0, 0.1) is 5.92 Å². The lowest BCUT2D eigenvalue weighted by atomic mass is 9.87. The van der Waals surface area contributed by atoms with Crippen molar-refractivity contribution in [3.8, 4) is 0 Å². The van der Waals surface area contributed by atoms with Crippen LogP contribution in [-0.2, 0) is 11.2 Å². The fraction of sp³-hybridized carbons (Fsp3) is 0.474. The molecule has 1 aromatic heterocycles. The minimum atomic E-state index is -0.280. The van der Waals surface area contributed by atoms with Crippen LogP contribution in [0.4, 0.5) is 5.13 Å². The first kappa shape index (κ1) is 19.6. The second-order valence-electron chi connectivity index (χ2n) is 6.72. The van der Waals surface area contributed by atoms with Crippen molar-refractivity contribution in [2.24, 2.45) is 5.92 Å². The van der Waals surface area contributed by atoms with Gasteiger partial charge in [-0.3, -0.25) is 4.79 Å². The van der Waals surface area contributed by atoms with Crippen LogP contribution in [0.5, 0.6) is 0 Å². The fourth-order valence-corrected chi connectivity index (χ4v) is 4.54.